The SMILES string of the molecule is c1ccc(C2CC(c3ccncc3)NN2)cc1. The van der Waals surface area contributed by atoms with E-state index in [1.165, 1.54) is 11.1 Å². The van der Waals surface area contributed by atoms with Crippen molar-refractivity contribution in [2.45, 2.75) is 18.5 Å². The first kappa shape index (κ1) is 10.4. The molecule has 3 rings (SSSR count). The molecule has 0 amide bonds. The van der Waals surface area contributed by atoms with E-state index in [-0.39, 0.29) is 0 Å². The van der Waals surface area contributed by atoms with E-state index < -0.39 is 0 Å². The van der Waals surface area contributed by atoms with E-state index in [4.69, 9.17) is 0 Å². The fourth-order valence-electron chi connectivity index (χ4n) is 2.27. The van der Waals surface area contributed by atoms with Gasteiger partial charge in [-0.25, -0.2) is 10.9 Å². The minimum atomic E-state index is 0.364. The summed E-state index contributed by atoms with van der Waals surface area (Å²) in [6.07, 6.45) is 4.74. The standard InChI is InChI=1S/C14H15N3/c1-2-4-11(5-3-1)13-10-14(17-16-13)12-6-8-15-9-7-12/h1-9,13-14,16-17H,10H2. The highest BCUT2D eigenvalue weighted by molar-refractivity contribution is 5.23. The number of hydrogen-bond acceptors (Lipinski definition) is 3. The molecular formula is C14H15N3. The van der Waals surface area contributed by atoms with Crippen LogP contribution in [0.4, 0.5) is 0 Å². The Morgan fingerprint density at radius 2 is 1.41 bits per heavy atom. The lowest BCUT2D eigenvalue weighted by molar-refractivity contribution is 0.555. The first-order valence-corrected chi connectivity index (χ1v) is 5.89. The van der Waals surface area contributed by atoms with Gasteiger partial charge in [0.25, 0.3) is 0 Å². The Hall–Kier alpha value is -1.71. The van der Waals surface area contributed by atoms with Crippen LogP contribution in [0, 0.1) is 0 Å². The van der Waals surface area contributed by atoms with Gasteiger partial charge in [-0.15, -0.1) is 0 Å². The molecule has 1 aromatic carbocycles. The van der Waals surface area contributed by atoms with Crippen LogP contribution in [0.15, 0.2) is 54.9 Å². The highest BCUT2D eigenvalue weighted by Gasteiger charge is 2.25. The zero-order chi connectivity index (χ0) is 11.5. The quantitative estimate of drug-likeness (QED) is 0.824. The van der Waals surface area contributed by atoms with Crippen LogP contribution in [0.2, 0.25) is 0 Å². The lowest BCUT2D eigenvalue weighted by Gasteiger charge is -2.09. The summed E-state index contributed by atoms with van der Waals surface area (Å²) in [4.78, 5) is 4.05. The first-order valence-electron chi connectivity index (χ1n) is 5.89. The summed E-state index contributed by atoms with van der Waals surface area (Å²) in [6.45, 7) is 0. The maximum absolute atomic E-state index is 4.05. The maximum atomic E-state index is 4.05. The van der Waals surface area contributed by atoms with Crippen molar-refractivity contribution in [3.63, 3.8) is 0 Å². The average Bonchev–Trinajstić information content (AvgIpc) is 2.90. The smallest absolute Gasteiger partial charge is 0.0482 e. The van der Waals surface area contributed by atoms with E-state index in [0.29, 0.717) is 12.1 Å². The molecule has 0 bridgehead atoms. The minimum absolute atomic E-state index is 0.364. The monoisotopic (exact) mass is 225 g/mol. The van der Waals surface area contributed by atoms with Gasteiger partial charge >= 0.3 is 0 Å². The summed E-state index contributed by atoms with van der Waals surface area (Å²) >= 11 is 0. The van der Waals surface area contributed by atoms with Gasteiger partial charge in [0.1, 0.15) is 0 Å². The molecule has 1 aliphatic rings. The third-order valence-electron chi connectivity index (χ3n) is 3.21. The van der Waals surface area contributed by atoms with Crippen molar-refractivity contribution in [3.05, 3.63) is 66.0 Å². The summed E-state index contributed by atoms with van der Waals surface area (Å²) in [6, 6.07) is 15.4. The van der Waals surface area contributed by atoms with Crippen molar-refractivity contribution in [2.24, 2.45) is 0 Å². The zero-order valence-electron chi connectivity index (χ0n) is 9.51. The molecule has 2 N–H and O–H groups in total. The van der Waals surface area contributed by atoms with Crippen LogP contribution < -0.4 is 10.9 Å². The second-order valence-corrected chi connectivity index (χ2v) is 4.32. The van der Waals surface area contributed by atoms with E-state index in [1.807, 2.05) is 18.5 Å². The molecule has 17 heavy (non-hydrogen) atoms. The Balaban J connectivity index is 1.75. The Bertz CT molecular complexity index is 424. The summed E-state index contributed by atoms with van der Waals surface area (Å²) in [5.41, 5.74) is 9.31. The molecule has 1 aromatic heterocycles. The second-order valence-electron chi connectivity index (χ2n) is 4.32. The molecule has 1 aliphatic heterocycles. The maximum Gasteiger partial charge on any atom is 0.0482 e. The van der Waals surface area contributed by atoms with Gasteiger partial charge in [0.15, 0.2) is 0 Å². The molecule has 0 aliphatic carbocycles. The van der Waals surface area contributed by atoms with Crippen LogP contribution >= 0.6 is 0 Å². The molecule has 0 radical (unpaired) electrons. The van der Waals surface area contributed by atoms with Gasteiger partial charge in [0, 0.05) is 24.5 Å². The van der Waals surface area contributed by atoms with Crippen LogP contribution in [0.1, 0.15) is 29.6 Å². The third-order valence-corrected chi connectivity index (χ3v) is 3.21. The van der Waals surface area contributed by atoms with Crippen molar-refractivity contribution >= 4 is 0 Å². The molecule has 2 heterocycles. The minimum Gasteiger partial charge on any atom is -0.265 e. The van der Waals surface area contributed by atoms with Gasteiger partial charge in [-0.1, -0.05) is 30.3 Å². The predicted octanol–water partition coefficient (Wildman–Crippen LogP) is 2.36. The molecule has 0 spiro atoms. The van der Waals surface area contributed by atoms with E-state index in [1.54, 1.807) is 0 Å². The summed E-state index contributed by atoms with van der Waals surface area (Å²) in [5, 5.41) is 0. The van der Waals surface area contributed by atoms with E-state index in [9.17, 15) is 0 Å². The Morgan fingerprint density at radius 3 is 2.06 bits per heavy atom. The highest BCUT2D eigenvalue weighted by atomic mass is 15.4. The van der Waals surface area contributed by atoms with Gasteiger partial charge < -0.3 is 0 Å². The molecule has 2 unspecified atom stereocenters. The number of benzene rings is 1. The summed E-state index contributed by atoms with van der Waals surface area (Å²) < 4.78 is 0. The molecule has 2 atom stereocenters. The van der Waals surface area contributed by atoms with E-state index in [0.717, 1.165) is 6.42 Å². The number of rotatable bonds is 2. The van der Waals surface area contributed by atoms with Crippen LogP contribution in [-0.2, 0) is 0 Å². The van der Waals surface area contributed by atoms with Crippen molar-refractivity contribution in [2.75, 3.05) is 0 Å². The van der Waals surface area contributed by atoms with E-state index in [2.05, 4.69) is 52.2 Å². The summed E-state index contributed by atoms with van der Waals surface area (Å²) in [5.74, 6) is 0. The van der Waals surface area contributed by atoms with Gasteiger partial charge in [0.2, 0.25) is 0 Å². The van der Waals surface area contributed by atoms with Gasteiger partial charge in [-0.3, -0.25) is 4.98 Å². The van der Waals surface area contributed by atoms with Crippen LogP contribution in [-0.4, -0.2) is 4.98 Å². The number of hydrazine groups is 1. The second kappa shape index (κ2) is 4.65. The van der Waals surface area contributed by atoms with Crippen molar-refractivity contribution in [1.82, 2.24) is 15.8 Å². The number of aromatic nitrogens is 1. The first-order chi connectivity index (χ1) is 8.43. The van der Waals surface area contributed by atoms with E-state index >= 15 is 0 Å². The zero-order valence-corrected chi connectivity index (χ0v) is 9.51. The fourth-order valence-corrected chi connectivity index (χ4v) is 2.27. The molecule has 3 heteroatoms. The third kappa shape index (κ3) is 2.20. The topological polar surface area (TPSA) is 37.0 Å². The Labute approximate surface area is 101 Å². The molecule has 1 saturated heterocycles. The number of nitrogens with zero attached hydrogens (tertiary/aromatic N) is 1. The highest BCUT2D eigenvalue weighted by Crippen LogP contribution is 2.29. The lowest BCUT2D eigenvalue weighted by atomic mass is 9.98. The van der Waals surface area contributed by atoms with Gasteiger partial charge in [-0.05, 0) is 29.7 Å². The van der Waals surface area contributed by atoms with Crippen LogP contribution in [0.3, 0.4) is 0 Å². The molecule has 86 valence electrons. The molecule has 1 fully saturated rings. The molecule has 2 aromatic rings. The van der Waals surface area contributed by atoms with Gasteiger partial charge in [0.05, 0.1) is 0 Å². The lowest BCUT2D eigenvalue weighted by Crippen LogP contribution is -2.26. The van der Waals surface area contributed by atoms with Crippen LogP contribution in [0.25, 0.3) is 0 Å². The number of pyridine rings is 1. The number of nitrogens with one attached hydrogen (secondary N) is 2. The number of hydrogen-bond donors (Lipinski definition) is 2. The fraction of sp³-hybridized carbons (Fsp3) is 0.214. The largest absolute Gasteiger partial charge is 0.265 e. The molecule has 3 nitrogen and oxygen atoms in total. The Morgan fingerprint density at radius 1 is 0.824 bits per heavy atom. The van der Waals surface area contributed by atoms with Crippen molar-refractivity contribution in [1.29, 1.82) is 0 Å². The molecular weight excluding hydrogens is 210 g/mol. The molecule has 0 saturated carbocycles. The van der Waals surface area contributed by atoms with Crippen molar-refractivity contribution < 1.29 is 0 Å². The Kier molecular flexibility index (Phi) is 2.86. The van der Waals surface area contributed by atoms with Gasteiger partial charge in [-0.2, -0.15) is 0 Å². The van der Waals surface area contributed by atoms with Crippen molar-refractivity contribution in [3.8, 4) is 0 Å². The normalized spacial score (nSPS) is 23.8. The van der Waals surface area contributed by atoms with Crippen LogP contribution in [0.5, 0.6) is 0 Å². The predicted molar refractivity (Wildman–Crippen MR) is 67.0 cm³/mol. The average molecular weight is 225 g/mol. The summed E-state index contributed by atoms with van der Waals surface area (Å²) in [7, 11) is 0.